The molecule has 0 bridgehead atoms. The van der Waals surface area contributed by atoms with Crippen molar-refractivity contribution in [3.63, 3.8) is 0 Å². The van der Waals surface area contributed by atoms with Crippen molar-refractivity contribution in [3.8, 4) is 12.3 Å². The third kappa shape index (κ3) is 3.84. The van der Waals surface area contributed by atoms with Gasteiger partial charge in [-0.3, -0.25) is 10.1 Å². The number of carbonyl (C=O) groups excluding carboxylic acids is 1. The van der Waals surface area contributed by atoms with Crippen molar-refractivity contribution in [2.45, 2.75) is 13.0 Å². The predicted octanol–water partition coefficient (Wildman–Crippen LogP) is 1.24. The average Bonchev–Trinajstić information content (AvgIpc) is 2.27. The summed E-state index contributed by atoms with van der Waals surface area (Å²) in [7, 11) is 0. The van der Waals surface area contributed by atoms with Gasteiger partial charge in [-0.05, 0) is 19.1 Å². The van der Waals surface area contributed by atoms with Gasteiger partial charge in [-0.15, -0.1) is 6.42 Å². The molecule has 78 valence electrons. The van der Waals surface area contributed by atoms with Crippen molar-refractivity contribution in [1.29, 1.82) is 0 Å². The van der Waals surface area contributed by atoms with Crippen LogP contribution < -0.4 is 10.6 Å². The van der Waals surface area contributed by atoms with Crippen LogP contribution in [0.3, 0.4) is 0 Å². The number of amides is 1. The van der Waals surface area contributed by atoms with Crippen molar-refractivity contribution in [2.24, 2.45) is 0 Å². The van der Waals surface area contributed by atoms with Crippen LogP contribution in [0.2, 0.25) is 0 Å². The Morgan fingerprint density at radius 3 is 2.73 bits per heavy atom. The number of rotatable bonds is 4. The Morgan fingerprint density at radius 1 is 1.47 bits per heavy atom. The number of para-hydroxylation sites is 1. The molecule has 1 atom stereocenters. The van der Waals surface area contributed by atoms with E-state index in [4.69, 9.17) is 6.42 Å². The number of nitrogens with one attached hydrogen (secondary N) is 2. The summed E-state index contributed by atoms with van der Waals surface area (Å²) in [6.45, 7) is 2.17. The lowest BCUT2D eigenvalue weighted by molar-refractivity contribution is -0.117. The molecule has 1 amide bonds. The molecule has 2 N–H and O–H groups in total. The first-order valence-electron chi connectivity index (χ1n) is 4.77. The van der Waals surface area contributed by atoms with Crippen LogP contribution in [0.4, 0.5) is 5.69 Å². The molecule has 3 nitrogen and oxygen atoms in total. The fourth-order valence-electron chi connectivity index (χ4n) is 1.08. The molecule has 1 aromatic rings. The Balaban J connectivity index is 2.46. The first-order chi connectivity index (χ1) is 7.24. The van der Waals surface area contributed by atoms with Gasteiger partial charge in [0, 0.05) is 5.69 Å². The molecule has 0 aliphatic rings. The summed E-state index contributed by atoms with van der Waals surface area (Å²) in [4.78, 5) is 11.6. The Labute approximate surface area is 89.9 Å². The van der Waals surface area contributed by atoms with Gasteiger partial charge in [-0.2, -0.15) is 0 Å². The fourth-order valence-corrected chi connectivity index (χ4v) is 1.08. The molecular weight excluding hydrogens is 188 g/mol. The van der Waals surface area contributed by atoms with Gasteiger partial charge in [-0.25, -0.2) is 0 Å². The van der Waals surface area contributed by atoms with E-state index in [1.165, 1.54) is 0 Å². The molecule has 0 saturated heterocycles. The monoisotopic (exact) mass is 202 g/mol. The van der Waals surface area contributed by atoms with Crippen LogP contribution in [0, 0.1) is 12.3 Å². The number of anilines is 1. The van der Waals surface area contributed by atoms with E-state index < -0.39 is 0 Å². The van der Waals surface area contributed by atoms with E-state index in [2.05, 4.69) is 16.6 Å². The molecule has 0 aliphatic heterocycles. The van der Waals surface area contributed by atoms with Gasteiger partial charge < -0.3 is 5.32 Å². The Kier molecular flexibility index (Phi) is 4.39. The van der Waals surface area contributed by atoms with E-state index in [-0.39, 0.29) is 11.9 Å². The lowest BCUT2D eigenvalue weighted by Crippen LogP contribution is -2.38. The second kappa shape index (κ2) is 5.84. The first kappa shape index (κ1) is 11.3. The van der Waals surface area contributed by atoms with Crippen molar-refractivity contribution < 1.29 is 4.79 Å². The summed E-state index contributed by atoms with van der Waals surface area (Å²) in [6.07, 6.45) is 5.09. The van der Waals surface area contributed by atoms with Gasteiger partial charge in [0.25, 0.3) is 0 Å². The molecule has 1 rings (SSSR count). The first-order valence-corrected chi connectivity index (χ1v) is 4.77. The molecule has 1 unspecified atom stereocenters. The number of benzene rings is 1. The number of hydrogen-bond donors (Lipinski definition) is 2. The highest BCUT2D eigenvalue weighted by atomic mass is 16.2. The largest absolute Gasteiger partial charge is 0.325 e. The van der Waals surface area contributed by atoms with Gasteiger partial charge in [0.15, 0.2) is 0 Å². The van der Waals surface area contributed by atoms with Crippen molar-refractivity contribution in [1.82, 2.24) is 5.32 Å². The molecule has 0 radical (unpaired) electrons. The predicted molar refractivity (Wildman–Crippen MR) is 61.4 cm³/mol. The van der Waals surface area contributed by atoms with E-state index in [0.29, 0.717) is 6.54 Å². The summed E-state index contributed by atoms with van der Waals surface area (Å²) in [5.74, 6) is 2.34. The molecule has 0 heterocycles. The molecule has 0 aliphatic carbocycles. The van der Waals surface area contributed by atoms with Crippen LogP contribution in [0.25, 0.3) is 0 Å². The van der Waals surface area contributed by atoms with Gasteiger partial charge in [0.05, 0.1) is 12.6 Å². The zero-order chi connectivity index (χ0) is 11.1. The minimum absolute atomic E-state index is 0.0866. The van der Waals surface area contributed by atoms with Gasteiger partial charge in [-0.1, -0.05) is 24.1 Å². The average molecular weight is 202 g/mol. The summed E-state index contributed by atoms with van der Waals surface area (Å²) < 4.78 is 0. The zero-order valence-electron chi connectivity index (χ0n) is 8.66. The van der Waals surface area contributed by atoms with E-state index in [1.54, 1.807) is 6.92 Å². The lowest BCUT2D eigenvalue weighted by Gasteiger charge is -2.11. The normalized spacial score (nSPS) is 11.5. The standard InChI is InChI=1S/C12H14N2O/c1-3-9-13-10(2)12(15)14-11-7-5-4-6-8-11/h1,4-8,10,13H,9H2,2H3,(H,14,15). The molecule has 15 heavy (non-hydrogen) atoms. The Bertz CT molecular complexity index is 354. The van der Waals surface area contributed by atoms with Crippen LogP contribution in [0.1, 0.15) is 6.92 Å². The summed E-state index contributed by atoms with van der Waals surface area (Å²) in [5, 5.41) is 5.68. The molecule has 0 spiro atoms. The SMILES string of the molecule is C#CCNC(C)C(=O)Nc1ccccc1. The third-order valence-corrected chi connectivity index (χ3v) is 1.94. The minimum Gasteiger partial charge on any atom is -0.325 e. The second-order valence-corrected chi connectivity index (χ2v) is 3.16. The van der Waals surface area contributed by atoms with E-state index >= 15 is 0 Å². The van der Waals surface area contributed by atoms with Crippen LogP contribution in [0.15, 0.2) is 30.3 Å². The van der Waals surface area contributed by atoms with Gasteiger partial charge >= 0.3 is 0 Å². The second-order valence-electron chi connectivity index (χ2n) is 3.16. The zero-order valence-corrected chi connectivity index (χ0v) is 8.66. The highest BCUT2D eigenvalue weighted by Crippen LogP contribution is 2.05. The molecule has 0 aromatic heterocycles. The summed E-state index contributed by atoms with van der Waals surface area (Å²) in [5.41, 5.74) is 0.789. The molecular formula is C12H14N2O. The third-order valence-electron chi connectivity index (χ3n) is 1.94. The quantitative estimate of drug-likeness (QED) is 0.721. The maximum Gasteiger partial charge on any atom is 0.241 e. The highest BCUT2D eigenvalue weighted by molar-refractivity contribution is 5.94. The van der Waals surface area contributed by atoms with Gasteiger partial charge in [0.1, 0.15) is 0 Å². The molecule has 1 aromatic carbocycles. The Hall–Kier alpha value is -1.79. The molecule has 3 heteroatoms. The van der Waals surface area contributed by atoms with Gasteiger partial charge in [0.2, 0.25) is 5.91 Å². The maximum absolute atomic E-state index is 11.6. The number of hydrogen-bond acceptors (Lipinski definition) is 2. The maximum atomic E-state index is 11.6. The lowest BCUT2D eigenvalue weighted by atomic mass is 10.2. The van der Waals surface area contributed by atoms with Crippen molar-refractivity contribution in [2.75, 3.05) is 11.9 Å². The number of carbonyl (C=O) groups is 1. The van der Waals surface area contributed by atoms with Crippen molar-refractivity contribution >= 4 is 11.6 Å². The fraction of sp³-hybridized carbons (Fsp3) is 0.250. The number of terminal acetylenes is 1. The summed E-state index contributed by atoms with van der Waals surface area (Å²) in [6, 6.07) is 9.03. The van der Waals surface area contributed by atoms with Crippen molar-refractivity contribution in [3.05, 3.63) is 30.3 Å². The van der Waals surface area contributed by atoms with Crippen LogP contribution in [-0.4, -0.2) is 18.5 Å². The van der Waals surface area contributed by atoms with E-state index in [9.17, 15) is 4.79 Å². The summed E-state index contributed by atoms with van der Waals surface area (Å²) >= 11 is 0. The Morgan fingerprint density at radius 2 is 2.13 bits per heavy atom. The van der Waals surface area contributed by atoms with E-state index in [1.807, 2.05) is 30.3 Å². The minimum atomic E-state index is -0.291. The topological polar surface area (TPSA) is 41.1 Å². The molecule has 0 fully saturated rings. The van der Waals surface area contributed by atoms with Crippen LogP contribution in [0.5, 0.6) is 0 Å². The smallest absolute Gasteiger partial charge is 0.241 e. The van der Waals surface area contributed by atoms with E-state index in [0.717, 1.165) is 5.69 Å². The van der Waals surface area contributed by atoms with Crippen LogP contribution in [-0.2, 0) is 4.79 Å². The molecule has 0 saturated carbocycles. The highest BCUT2D eigenvalue weighted by Gasteiger charge is 2.10. The van der Waals surface area contributed by atoms with Crippen LogP contribution >= 0.6 is 0 Å².